The van der Waals surface area contributed by atoms with Gasteiger partial charge in [-0.05, 0) is 18.9 Å². The number of nitrogens with zero attached hydrogens (tertiary/aromatic N) is 4. The summed E-state index contributed by atoms with van der Waals surface area (Å²) in [6.45, 7) is 2.06. The topological polar surface area (TPSA) is 70.6 Å². The number of rotatable bonds is 6. The van der Waals surface area contributed by atoms with Crippen LogP contribution in [0.25, 0.3) is 0 Å². The standard InChI is InChI=1S/C15H25N5O2/c1-19(2)15-16-8-4-13(18-15)17-12-5-9-20(10-6-12)14(21)7-11-22-3/h4,8,12H,5-7,9-11H2,1-3H3,(H,16,17,18). The summed E-state index contributed by atoms with van der Waals surface area (Å²) in [5, 5.41) is 3.44. The van der Waals surface area contributed by atoms with Crippen LogP contribution in [0.1, 0.15) is 19.3 Å². The molecule has 1 amide bonds. The van der Waals surface area contributed by atoms with Crippen LogP contribution in [-0.2, 0) is 9.53 Å². The summed E-state index contributed by atoms with van der Waals surface area (Å²) in [4.78, 5) is 24.4. The highest BCUT2D eigenvalue weighted by atomic mass is 16.5. The van der Waals surface area contributed by atoms with Crippen LogP contribution < -0.4 is 10.2 Å². The lowest BCUT2D eigenvalue weighted by molar-refractivity contribution is -0.133. The van der Waals surface area contributed by atoms with Crippen LogP contribution in [-0.4, -0.2) is 67.7 Å². The van der Waals surface area contributed by atoms with E-state index in [0.717, 1.165) is 31.7 Å². The highest BCUT2D eigenvalue weighted by molar-refractivity contribution is 5.76. The summed E-state index contributed by atoms with van der Waals surface area (Å²) in [5.74, 6) is 1.71. The number of ether oxygens (including phenoxy) is 1. The number of hydrogen-bond donors (Lipinski definition) is 1. The van der Waals surface area contributed by atoms with Gasteiger partial charge < -0.3 is 19.9 Å². The summed E-state index contributed by atoms with van der Waals surface area (Å²) in [5.41, 5.74) is 0. The first kappa shape index (κ1) is 16.5. The van der Waals surface area contributed by atoms with Gasteiger partial charge in [0.15, 0.2) is 0 Å². The maximum absolute atomic E-state index is 11.9. The molecule has 0 saturated carbocycles. The Morgan fingerprint density at radius 3 is 2.82 bits per heavy atom. The molecule has 1 saturated heterocycles. The Labute approximate surface area is 131 Å². The number of aromatic nitrogens is 2. The molecule has 122 valence electrons. The van der Waals surface area contributed by atoms with Crippen molar-refractivity contribution in [3.63, 3.8) is 0 Å². The number of hydrogen-bond acceptors (Lipinski definition) is 6. The second kappa shape index (κ2) is 7.93. The van der Waals surface area contributed by atoms with E-state index in [1.807, 2.05) is 30.0 Å². The summed E-state index contributed by atoms with van der Waals surface area (Å²) in [6.07, 6.45) is 4.08. The molecule has 2 rings (SSSR count). The highest BCUT2D eigenvalue weighted by Gasteiger charge is 2.22. The van der Waals surface area contributed by atoms with Gasteiger partial charge in [0.1, 0.15) is 5.82 Å². The van der Waals surface area contributed by atoms with Gasteiger partial charge in [-0.25, -0.2) is 4.98 Å². The molecule has 7 nitrogen and oxygen atoms in total. The third-order valence-electron chi connectivity index (χ3n) is 3.76. The quantitative estimate of drug-likeness (QED) is 0.845. The van der Waals surface area contributed by atoms with E-state index in [0.29, 0.717) is 25.0 Å². The van der Waals surface area contributed by atoms with E-state index in [2.05, 4.69) is 15.3 Å². The van der Waals surface area contributed by atoms with Crippen molar-refractivity contribution < 1.29 is 9.53 Å². The monoisotopic (exact) mass is 307 g/mol. The van der Waals surface area contributed by atoms with E-state index in [1.165, 1.54) is 0 Å². The van der Waals surface area contributed by atoms with Crippen LogP contribution in [0.3, 0.4) is 0 Å². The molecule has 1 aliphatic rings. The van der Waals surface area contributed by atoms with Gasteiger partial charge in [-0.2, -0.15) is 4.98 Å². The highest BCUT2D eigenvalue weighted by Crippen LogP contribution is 2.17. The third-order valence-corrected chi connectivity index (χ3v) is 3.76. The van der Waals surface area contributed by atoms with E-state index < -0.39 is 0 Å². The molecule has 1 N–H and O–H groups in total. The maximum Gasteiger partial charge on any atom is 0.226 e. The van der Waals surface area contributed by atoms with Gasteiger partial charge in [0.25, 0.3) is 0 Å². The fraction of sp³-hybridized carbons (Fsp3) is 0.667. The van der Waals surface area contributed by atoms with Crippen LogP contribution in [0.4, 0.5) is 11.8 Å². The van der Waals surface area contributed by atoms with E-state index in [1.54, 1.807) is 13.3 Å². The Morgan fingerprint density at radius 2 is 2.18 bits per heavy atom. The van der Waals surface area contributed by atoms with Crippen molar-refractivity contribution in [3.05, 3.63) is 12.3 Å². The molecule has 0 atom stereocenters. The van der Waals surface area contributed by atoms with Crippen LogP contribution in [0, 0.1) is 0 Å². The largest absolute Gasteiger partial charge is 0.384 e. The first-order valence-electron chi connectivity index (χ1n) is 7.63. The molecule has 1 aromatic heterocycles. The minimum Gasteiger partial charge on any atom is -0.384 e. The first-order chi connectivity index (χ1) is 10.6. The number of methoxy groups -OCH3 is 1. The van der Waals surface area contributed by atoms with Crippen molar-refractivity contribution in [1.82, 2.24) is 14.9 Å². The van der Waals surface area contributed by atoms with E-state index in [-0.39, 0.29) is 5.91 Å². The summed E-state index contributed by atoms with van der Waals surface area (Å²) in [6, 6.07) is 2.22. The second-order valence-electron chi connectivity index (χ2n) is 5.68. The van der Waals surface area contributed by atoms with Gasteiger partial charge >= 0.3 is 0 Å². The van der Waals surface area contributed by atoms with E-state index in [4.69, 9.17) is 4.74 Å². The van der Waals surface area contributed by atoms with Gasteiger partial charge in [0, 0.05) is 46.5 Å². The van der Waals surface area contributed by atoms with Crippen molar-refractivity contribution in [2.24, 2.45) is 0 Å². The zero-order chi connectivity index (χ0) is 15.9. The molecule has 1 aliphatic heterocycles. The second-order valence-corrected chi connectivity index (χ2v) is 5.68. The molecule has 0 radical (unpaired) electrons. The van der Waals surface area contributed by atoms with Crippen LogP contribution in [0.2, 0.25) is 0 Å². The van der Waals surface area contributed by atoms with E-state index in [9.17, 15) is 4.79 Å². The Morgan fingerprint density at radius 1 is 1.45 bits per heavy atom. The van der Waals surface area contributed by atoms with Gasteiger partial charge in [-0.15, -0.1) is 0 Å². The molecule has 1 aromatic rings. The number of anilines is 2. The molecule has 0 spiro atoms. The van der Waals surface area contributed by atoms with Crippen molar-refractivity contribution >= 4 is 17.7 Å². The average Bonchev–Trinajstić information content (AvgIpc) is 2.53. The minimum atomic E-state index is 0.178. The number of carbonyl (C=O) groups excluding carboxylic acids is 1. The van der Waals surface area contributed by atoms with Crippen LogP contribution >= 0.6 is 0 Å². The lowest BCUT2D eigenvalue weighted by atomic mass is 10.0. The van der Waals surface area contributed by atoms with Gasteiger partial charge in [-0.3, -0.25) is 4.79 Å². The van der Waals surface area contributed by atoms with E-state index >= 15 is 0 Å². The SMILES string of the molecule is COCCC(=O)N1CCC(Nc2ccnc(N(C)C)n2)CC1. The normalized spacial score (nSPS) is 15.7. The summed E-state index contributed by atoms with van der Waals surface area (Å²) >= 11 is 0. The molecule has 1 fully saturated rings. The molecule has 0 unspecified atom stereocenters. The lowest BCUT2D eigenvalue weighted by Gasteiger charge is -2.32. The lowest BCUT2D eigenvalue weighted by Crippen LogP contribution is -2.42. The Hall–Kier alpha value is -1.89. The molecular formula is C15H25N5O2. The van der Waals surface area contributed by atoms with Crippen LogP contribution in [0.5, 0.6) is 0 Å². The number of carbonyl (C=O) groups is 1. The first-order valence-corrected chi connectivity index (χ1v) is 7.63. The Bertz CT molecular complexity index is 487. The minimum absolute atomic E-state index is 0.178. The van der Waals surface area contributed by atoms with Crippen molar-refractivity contribution in [2.75, 3.05) is 51.1 Å². The summed E-state index contributed by atoms with van der Waals surface area (Å²) < 4.78 is 4.96. The zero-order valence-corrected chi connectivity index (χ0v) is 13.6. The number of amides is 1. The number of piperidine rings is 1. The molecule has 0 bridgehead atoms. The van der Waals surface area contributed by atoms with Gasteiger partial charge in [-0.1, -0.05) is 0 Å². The Balaban J connectivity index is 1.82. The number of nitrogens with one attached hydrogen (secondary N) is 1. The molecule has 7 heteroatoms. The van der Waals surface area contributed by atoms with Crippen molar-refractivity contribution in [3.8, 4) is 0 Å². The van der Waals surface area contributed by atoms with Crippen molar-refractivity contribution in [2.45, 2.75) is 25.3 Å². The van der Waals surface area contributed by atoms with Crippen molar-refractivity contribution in [1.29, 1.82) is 0 Å². The van der Waals surface area contributed by atoms with Gasteiger partial charge in [0.2, 0.25) is 11.9 Å². The average molecular weight is 307 g/mol. The molecule has 22 heavy (non-hydrogen) atoms. The predicted molar refractivity (Wildman–Crippen MR) is 86.1 cm³/mol. The molecular weight excluding hydrogens is 282 g/mol. The smallest absolute Gasteiger partial charge is 0.226 e. The maximum atomic E-state index is 11.9. The van der Waals surface area contributed by atoms with Crippen LogP contribution in [0.15, 0.2) is 12.3 Å². The third kappa shape index (κ3) is 4.56. The predicted octanol–water partition coefficient (Wildman–Crippen LogP) is 0.982. The summed E-state index contributed by atoms with van der Waals surface area (Å²) in [7, 11) is 5.46. The molecule has 2 heterocycles. The zero-order valence-electron chi connectivity index (χ0n) is 13.6. The fourth-order valence-electron chi connectivity index (χ4n) is 2.47. The Kier molecular flexibility index (Phi) is 5.94. The fourth-order valence-corrected chi connectivity index (χ4v) is 2.47. The number of likely N-dealkylation sites (tertiary alicyclic amines) is 1. The molecule has 0 aliphatic carbocycles. The molecule has 0 aromatic carbocycles. The van der Waals surface area contributed by atoms with Gasteiger partial charge in [0.05, 0.1) is 13.0 Å².